The lowest BCUT2D eigenvalue weighted by atomic mass is 10.1. The Balaban J connectivity index is 1.82. The highest BCUT2D eigenvalue weighted by molar-refractivity contribution is 7.89. The summed E-state index contributed by atoms with van der Waals surface area (Å²) < 4.78 is 27.8. The number of aryl methyl sites for hydroxylation is 1. The van der Waals surface area contributed by atoms with Crippen molar-refractivity contribution in [3.8, 4) is 0 Å². The van der Waals surface area contributed by atoms with Gasteiger partial charge in [0, 0.05) is 18.1 Å². The molecule has 0 aromatic heterocycles. The van der Waals surface area contributed by atoms with Gasteiger partial charge in [0.15, 0.2) is 0 Å². The average Bonchev–Trinajstić information content (AvgIpc) is 2.67. The molecule has 0 unspecified atom stereocenters. The van der Waals surface area contributed by atoms with Crippen molar-refractivity contribution >= 4 is 27.5 Å². The quantitative estimate of drug-likeness (QED) is 0.767. The molecule has 3 rings (SSSR count). The molecule has 1 N–H and O–H groups in total. The van der Waals surface area contributed by atoms with Gasteiger partial charge >= 0.3 is 0 Å². The van der Waals surface area contributed by atoms with Crippen LogP contribution < -0.4 is 5.32 Å². The minimum absolute atomic E-state index is 0.157. The molecule has 0 spiro atoms. The van der Waals surface area contributed by atoms with Crippen LogP contribution in [0, 0.1) is 0 Å². The first kappa shape index (κ1) is 19.9. The van der Waals surface area contributed by atoms with Gasteiger partial charge in [-0.15, -0.1) is 0 Å². The zero-order valence-electron chi connectivity index (χ0n) is 15.0. The molecule has 0 saturated carbocycles. The summed E-state index contributed by atoms with van der Waals surface area (Å²) in [5.74, 6) is -0.224. The number of nitrogens with zero attached hydrogens (tertiary/aromatic N) is 1. The lowest BCUT2D eigenvalue weighted by Gasteiger charge is -2.32. The number of rotatable bonds is 7. The van der Waals surface area contributed by atoms with E-state index in [2.05, 4.69) is 5.32 Å². The number of carbonyl (C=O) groups is 1. The van der Waals surface area contributed by atoms with Gasteiger partial charge in [0.25, 0.3) is 0 Å². The van der Waals surface area contributed by atoms with E-state index in [0.29, 0.717) is 24.4 Å². The topological polar surface area (TPSA) is 66.5 Å². The van der Waals surface area contributed by atoms with Crippen molar-refractivity contribution in [3.63, 3.8) is 0 Å². The molecule has 0 aliphatic carbocycles. The number of hydrogen-bond acceptors (Lipinski definition) is 3. The molecule has 1 atom stereocenters. The average molecular weight is 407 g/mol. The maximum absolute atomic E-state index is 13.2. The van der Waals surface area contributed by atoms with Gasteiger partial charge in [-0.2, -0.15) is 4.31 Å². The predicted octanol–water partition coefficient (Wildman–Crippen LogP) is 3.24. The second kappa shape index (κ2) is 8.87. The minimum atomic E-state index is -3.79. The Morgan fingerprint density at radius 2 is 1.78 bits per heavy atom. The second-order valence-electron chi connectivity index (χ2n) is 6.61. The molecular weight excluding hydrogens is 384 g/mol. The van der Waals surface area contributed by atoms with Crippen LogP contribution in [0.15, 0.2) is 59.5 Å². The van der Waals surface area contributed by atoms with Crippen molar-refractivity contribution in [1.29, 1.82) is 0 Å². The van der Waals surface area contributed by atoms with Gasteiger partial charge in [0.1, 0.15) is 6.04 Å². The van der Waals surface area contributed by atoms with Gasteiger partial charge in [-0.1, -0.05) is 41.9 Å². The first-order valence-corrected chi connectivity index (χ1v) is 10.9. The molecule has 0 bridgehead atoms. The van der Waals surface area contributed by atoms with Crippen molar-refractivity contribution < 1.29 is 13.2 Å². The second-order valence-corrected chi connectivity index (χ2v) is 8.93. The van der Waals surface area contributed by atoms with Crippen LogP contribution in [0.3, 0.4) is 0 Å². The standard InChI is InChI=1S/C20H23ClN2O3S/c21-17-10-12-18(13-11-17)27(25,26)23(19-9-4-14-22-20(19)24)15-5-8-16-6-2-1-3-7-16/h1-3,6-7,10-13,19H,4-5,8-9,14-15H2,(H,22,24)/t19-/m1/s1. The Hall–Kier alpha value is -1.89. The van der Waals surface area contributed by atoms with Gasteiger partial charge in [-0.05, 0) is 55.5 Å². The summed E-state index contributed by atoms with van der Waals surface area (Å²) in [6, 6.07) is 15.3. The van der Waals surface area contributed by atoms with Crippen molar-refractivity contribution in [2.75, 3.05) is 13.1 Å². The number of carbonyl (C=O) groups excluding carboxylic acids is 1. The number of hydrogen-bond donors (Lipinski definition) is 1. The fourth-order valence-corrected chi connectivity index (χ4v) is 5.08. The summed E-state index contributed by atoms with van der Waals surface area (Å²) in [6.07, 6.45) is 2.69. The first-order chi connectivity index (χ1) is 13.0. The minimum Gasteiger partial charge on any atom is -0.355 e. The summed E-state index contributed by atoms with van der Waals surface area (Å²) in [7, 11) is -3.79. The van der Waals surface area contributed by atoms with Gasteiger partial charge in [-0.3, -0.25) is 4.79 Å². The summed E-state index contributed by atoms with van der Waals surface area (Å²) in [4.78, 5) is 12.5. The van der Waals surface area contributed by atoms with Crippen LogP contribution in [0.1, 0.15) is 24.8 Å². The molecule has 1 aliphatic heterocycles. The molecule has 0 radical (unpaired) electrons. The van der Waals surface area contributed by atoms with Crippen molar-refractivity contribution in [2.24, 2.45) is 0 Å². The zero-order valence-corrected chi connectivity index (χ0v) is 16.5. The third-order valence-electron chi connectivity index (χ3n) is 4.71. The molecule has 1 saturated heterocycles. The summed E-state index contributed by atoms with van der Waals surface area (Å²) >= 11 is 5.89. The van der Waals surface area contributed by atoms with E-state index in [-0.39, 0.29) is 17.3 Å². The number of nitrogens with one attached hydrogen (secondary N) is 1. The number of amides is 1. The molecule has 7 heteroatoms. The number of piperidine rings is 1. The lowest BCUT2D eigenvalue weighted by Crippen LogP contribution is -2.52. The van der Waals surface area contributed by atoms with Crippen LogP contribution in [-0.2, 0) is 21.2 Å². The highest BCUT2D eigenvalue weighted by Gasteiger charge is 2.36. The maximum Gasteiger partial charge on any atom is 0.243 e. The fraction of sp³-hybridized carbons (Fsp3) is 0.350. The Morgan fingerprint density at radius 3 is 2.44 bits per heavy atom. The van der Waals surface area contributed by atoms with Gasteiger partial charge in [0.05, 0.1) is 4.90 Å². The molecule has 2 aromatic carbocycles. The Labute approximate surface area is 165 Å². The predicted molar refractivity (Wildman–Crippen MR) is 106 cm³/mol. The molecule has 5 nitrogen and oxygen atoms in total. The van der Waals surface area contributed by atoms with Crippen molar-refractivity contribution in [3.05, 3.63) is 65.2 Å². The normalized spacial score (nSPS) is 17.7. The first-order valence-electron chi connectivity index (χ1n) is 9.07. The summed E-state index contributed by atoms with van der Waals surface area (Å²) in [6.45, 7) is 0.881. The number of halogens is 1. The third-order valence-corrected chi connectivity index (χ3v) is 6.89. The van der Waals surface area contributed by atoms with Crippen LogP contribution in [0.5, 0.6) is 0 Å². The molecule has 1 heterocycles. The largest absolute Gasteiger partial charge is 0.355 e. The Bertz CT molecular complexity index is 870. The van der Waals surface area contributed by atoms with E-state index in [0.717, 1.165) is 18.4 Å². The number of sulfonamides is 1. The highest BCUT2D eigenvalue weighted by Crippen LogP contribution is 2.24. The zero-order chi connectivity index (χ0) is 19.3. The van der Waals surface area contributed by atoms with Crippen molar-refractivity contribution in [2.45, 2.75) is 36.6 Å². The van der Waals surface area contributed by atoms with E-state index >= 15 is 0 Å². The lowest BCUT2D eigenvalue weighted by molar-refractivity contribution is -0.126. The van der Waals surface area contributed by atoms with Gasteiger partial charge in [-0.25, -0.2) is 8.42 Å². The van der Waals surface area contributed by atoms with Crippen LogP contribution in [0.25, 0.3) is 0 Å². The van der Waals surface area contributed by atoms with Crippen LogP contribution in [-0.4, -0.2) is 37.8 Å². The van der Waals surface area contributed by atoms with E-state index in [1.165, 1.54) is 16.4 Å². The van der Waals surface area contributed by atoms with Gasteiger partial charge < -0.3 is 5.32 Å². The summed E-state index contributed by atoms with van der Waals surface area (Å²) in [5.41, 5.74) is 1.15. The van der Waals surface area contributed by atoms with Crippen LogP contribution in [0.4, 0.5) is 0 Å². The Morgan fingerprint density at radius 1 is 1.07 bits per heavy atom. The van der Waals surface area contributed by atoms with E-state index in [1.807, 2.05) is 30.3 Å². The monoisotopic (exact) mass is 406 g/mol. The molecule has 1 amide bonds. The highest BCUT2D eigenvalue weighted by atomic mass is 35.5. The van der Waals surface area contributed by atoms with E-state index in [9.17, 15) is 13.2 Å². The SMILES string of the molecule is O=C1NCCC[C@H]1N(CCCc1ccccc1)S(=O)(=O)c1ccc(Cl)cc1. The van der Waals surface area contributed by atoms with E-state index in [4.69, 9.17) is 11.6 Å². The maximum atomic E-state index is 13.2. The summed E-state index contributed by atoms with van der Waals surface area (Å²) in [5, 5.41) is 3.26. The third kappa shape index (κ3) is 4.89. The van der Waals surface area contributed by atoms with Crippen LogP contribution in [0.2, 0.25) is 5.02 Å². The fourth-order valence-electron chi connectivity index (χ4n) is 3.30. The molecular formula is C20H23ClN2O3S. The molecule has 1 aliphatic rings. The molecule has 144 valence electrons. The van der Waals surface area contributed by atoms with E-state index in [1.54, 1.807) is 12.1 Å². The van der Waals surface area contributed by atoms with Crippen LogP contribution >= 0.6 is 11.6 Å². The van der Waals surface area contributed by atoms with Crippen molar-refractivity contribution in [1.82, 2.24) is 9.62 Å². The molecule has 2 aromatic rings. The Kier molecular flexibility index (Phi) is 6.52. The van der Waals surface area contributed by atoms with E-state index < -0.39 is 16.1 Å². The molecule has 1 fully saturated rings. The molecule has 27 heavy (non-hydrogen) atoms. The number of benzene rings is 2. The van der Waals surface area contributed by atoms with Gasteiger partial charge in [0.2, 0.25) is 15.9 Å². The smallest absolute Gasteiger partial charge is 0.243 e.